The van der Waals surface area contributed by atoms with Gasteiger partial charge in [-0.1, -0.05) is 31.2 Å². The molecule has 1 aliphatic carbocycles. The second kappa shape index (κ2) is 8.44. The van der Waals surface area contributed by atoms with Gasteiger partial charge in [-0.15, -0.1) is 0 Å². The predicted octanol–water partition coefficient (Wildman–Crippen LogP) is 4.00. The summed E-state index contributed by atoms with van der Waals surface area (Å²) in [7, 11) is -1.32. The maximum Gasteiger partial charge on any atom is 0.178 e. The Labute approximate surface area is 178 Å². The van der Waals surface area contributed by atoms with Crippen LogP contribution in [0.2, 0.25) is 0 Å². The molecule has 0 unspecified atom stereocenters. The number of fused-ring (bicyclic) bond motifs is 1. The summed E-state index contributed by atoms with van der Waals surface area (Å²) in [6.07, 6.45) is 4.90. The second-order valence-corrected chi connectivity index (χ2v) is 10.5. The van der Waals surface area contributed by atoms with Crippen LogP contribution in [0.3, 0.4) is 0 Å². The lowest BCUT2D eigenvalue weighted by atomic mass is 9.91. The van der Waals surface area contributed by atoms with E-state index in [1.54, 1.807) is 25.1 Å². The minimum atomic E-state index is -3.34. The van der Waals surface area contributed by atoms with Crippen molar-refractivity contribution < 1.29 is 18.3 Å². The largest absolute Gasteiger partial charge is 0.490 e. The predicted molar refractivity (Wildman–Crippen MR) is 118 cm³/mol. The van der Waals surface area contributed by atoms with Gasteiger partial charge < -0.3 is 14.7 Å². The lowest BCUT2D eigenvalue weighted by molar-refractivity contribution is 0.0664. The first-order chi connectivity index (χ1) is 14.4. The molecular formula is C24H29NO4S. The molecule has 2 aromatic rings. The van der Waals surface area contributed by atoms with Crippen LogP contribution in [0.5, 0.6) is 5.75 Å². The molecule has 1 N–H and O–H groups in total. The number of hydrogen-bond donors (Lipinski definition) is 1. The van der Waals surface area contributed by atoms with E-state index in [4.69, 9.17) is 4.74 Å². The maximum atomic E-state index is 12.6. The molecule has 160 valence electrons. The quantitative estimate of drug-likeness (QED) is 0.781. The maximum absolute atomic E-state index is 12.6. The molecule has 0 bridgehead atoms. The monoisotopic (exact) mass is 427 g/mol. The van der Waals surface area contributed by atoms with Gasteiger partial charge in [-0.3, -0.25) is 0 Å². The Kier molecular flexibility index (Phi) is 5.89. The van der Waals surface area contributed by atoms with E-state index < -0.39 is 9.84 Å². The number of aliphatic hydroxyl groups excluding tert-OH is 1. The second-order valence-electron chi connectivity index (χ2n) is 8.22. The fourth-order valence-electron chi connectivity index (χ4n) is 4.26. The van der Waals surface area contributed by atoms with Crippen molar-refractivity contribution in [1.29, 1.82) is 0 Å². The minimum Gasteiger partial charge on any atom is -0.490 e. The van der Waals surface area contributed by atoms with Crippen LogP contribution in [0, 0.1) is 0 Å². The number of nitrogens with zero attached hydrogens (tertiary/aromatic N) is 1. The van der Waals surface area contributed by atoms with Crippen molar-refractivity contribution in [3.05, 3.63) is 65.4 Å². The Bertz CT molecular complexity index is 1050. The van der Waals surface area contributed by atoms with E-state index in [1.165, 1.54) is 5.56 Å². The van der Waals surface area contributed by atoms with Gasteiger partial charge in [0.1, 0.15) is 5.75 Å². The van der Waals surface area contributed by atoms with Gasteiger partial charge >= 0.3 is 0 Å². The number of hydrogen-bond acceptors (Lipinski definition) is 5. The summed E-state index contributed by atoms with van der Waals surface area (Å²) in [5.41, 5.74) is 4.08. The zero-order valence-corrected chi connectivity index (χ0v) is 18.4. The van der Waals surface area contributed by atoms with Gasteiger partial charge in [-0.2, -0.15) is 0 Å². The van der Waals surface area contributed by atoms with E-state index in [-0.39, 0.29) is 18.0 Å². The van der Waals surface area contributed by atoms with Crippen LogP contribution in [0.15, 0.2) is 53.6 Å². The number of ether oxygens (including phenoxy) is 1. The fourth-order valence-corrected chi connectivity index (χ4v) is 5.17. The highest BCUT2D eigenvalue weighted by Crippen LogP contribution is 2.38. The molecule has 0 atom stereocenters. The van der Waals surface area contributed by atoms with Gasteiger partial charge in [-0.25, -0.2) is 8.42 Å². The molecule has 30 heavy (non-hydrogen) atoms. The van der Waals surface area contributed by atoms with Crippen LogP contribution in [-0.4, -0.2) is 43.4 Å². The number of sulfone groups is 1. The summed E-state index contributed by atoms with van der Waals surface area (Å²) in [5, 5.41) is 9.81. The lowest BCUT2D eigenvalue weighted by Crippen LogP contribution is -2.27. The molecule has 2 aliphatic rings. The van der Waals surface area contributed by atoms with Crippen molar-refractivity contribution in [3.63, 3.8) is 0 Å². The van der Waals surface area contributed by atoms with Crippen LogP contribution < -0.4 is 4.74 Å². The van der Waals surface area contributed by atoms with Crippen molar-refractivity contribution in [3.8, 4) is 5.75 Å². The molecule has 0 saturated heterocycles. The highest BCUT2D eigenvalue weighted by molar-refractivity contribution is 7.91. The molecule has 1 heterocycles. The average molecular weight is 428 g/mol. The first-order valence-electron chi connectivity index (χ1n) is 10.6. The van der Waals surface area contributed by atoms with Crippen molar-refractivity contribution in [1.82, 2.24) is 4.90 Å². The molecule has 1 saturated carbocycles. The Morgan fingerprint density at radius 1 is 1.07 bits per heavy atom. The highest BCUT2D eigenvalue weighted by atomic mass is 32.2. The van der Waals surface area contributed by atoms with E-state index in [0.29, 0.717) is 10.6 Å². The van der Waals surface area contributed by atoms with Gasteiger partial charge in [-0.05, 0) is 55.0 Å². The lowest BCUT2D eigenvalue weighted by Gasteiger charge is -2.30. The van der Waals surface area contributed by atoms with Gasteiger partial charge in [0, 0.05) is 30.9 Å². The third kappa shape index (κ3) is 4.25. The molecular weight excluding hydrogens is 398 g/mol. The number of benzene rings is 2. The van der Waals surface area contributed by atoms with E-state index in [1.807, 2.05) is 19.2 Å². The first-order valence-corrected chi connectivity index (χ1v) is 12.2. The summed E-state index contributed by atoms with van der Waals surface area (Å²) in [4.78, 5) is 2.43. The van der Waals surface area contributed by atoms with Gasteiger partial charge in [0.15, 0.2) is 9.84 Å². The normalized spacial score (nSPS) is 21.7. The molecule has 0 radical (unpaired) electrons. The van der Waals surface area contributed by atoms with Gasteiger partial charge in [0.05, 0.1) is 22.9 Å². The fraction of sp³-hybridized carbons (Fsp3) is 0.417. The Balaban J connectivity index is 1.80. The van der Waals surface area contributed by atoms with Crippen molar-refractivity contribution in [2.24, 2.45) is 0 Å². The van der Waals surface area contributed by atoms with Gasteiger partial charge in [0.2, 0.25) is 0 Å². The number of rotatable bonds is 5. The van der Waals surface area contributed by atoms with E-state index in [9.17, 15) is 13.5 Å². The zero-order chi connectivity index (χ0) is 21.3. The van der Waals surface area contributed by atoms with E-state index >= 15 is 0 Å². The molecule has 0 spiro atoms. The average Bonchev–Trinajstić information content (AvgIpc) is 2.75. The topological polar surface area (TPSA) is 66.8 Å². The highest BCUT2D eigenvalue weighted by Gasteiger charge is 2.25. The SMILES string of the molecule is CCS(=O)(=O)c1ccc(O[C@H]2CC[C@H](O)CC2)c(C2=CN(C)Cc3ccccc32)c1. The van der Waals surface area contributed by atoms with Crippen LogP contribution in [0.1, 0.15) is 49.3 Å². The summed E-state index contributed by atoms with van der Waals surface area (Å²) in [5.74, 6) is 0.755. The minimum absolute atomic E-state index is 0.0259. The Hall–Kier alpha value is -2.31. The first kappa shape index (κ1) is 20.9. The third-order valence-electron chi connectivity index (χ3n) is 5.99. The summed E-state index contributed by atoms with van der Waals surface area (Å²) < 4.78 is 31.5. The summed E-state index contributed by atoms with van der Waals surface area (Å²) in [6, 6.07) is 13.4. The third-order valence-corrected chi connectivity index (χ3v) is 7.73. The van der Waals surface area contributed by atoms with Crippen molar-refractivity contribution in [2.45, 2.75) is 56.3 Å². The molecule has 4 rings (SSSR count). The molecule has 1 aliphatic heterocycles. The van der Waals surface area contributed by atoms with Crippen molar-refractivity contribution in [2.75, 3.05) is 12.8 Å². The standard InChI is InChI=1S/C24H29NO4S/c1-3-30(27,28)20-12-13-24(29-19-10-8-18(26)9-11-19)22(14-20)23-16-25(2)15-17-6-4-5-7-21(17)23/h4-7,12-14,16,18-19,26H,3,8-11,15H2,1-2H3/t18-,19-. The molecule has 5 nitrogen and oxygen atoms in total. The Morgan fingerprint density at radius 2 is 1.80 bits per heavy atom. The summed E-state index contributed by atoms with van der Waals surface area (Å²) in [6.45, 7) is 2.47. The summed E-state index contributed by atoms with van der Waals surface area (Å²) >= 11 is 0. The van der Waals surface area contributed by atoms with Crippen LogP contribution in [0.25, 0.3) is 5.57 Å². The smallest absolute Gasteiger partial charge is 0.178 e. The van der Waals surface area contributed by atoms with E-state index in [0.717, 1.165) is 48.9 Å². The van der Waals surface area contributed by atoms with Crippen molar-refractivity contribution >= 4 is 15.4 Å². The van der Waals surface area contributed by atoms with E-state index in [2.05, 4.69) is 23.2 Å². The number of aliphatic hydroxyl groups is 1. The molecule has 0 amide bonds. The molecule has 1 fully saturated rings. The van der Waals surface area contributed by atoms with Gasteiger partial charge in [0.25, 0.3) is 0 Å². The molecule has 6 heteroatoms. The zero-order valence-electron chi connectivity index (χ0n) is 17.5. The molecule has 2 aromatic carbocycles. The van der Waals surface area contributed by atoms with Crippen LogP contribution in [-0.2, 0) is 16.4 Å². The van der Waals surface area contributed by atoms with Crippen LogP contribution >= 0.6 is 0 Å². The molecule has 0 aromatic heterocycles. The van der Waals surface area contributed by atoms with Crippen LogP contribution in [0.4, 0.5) is 0 Å². The Morgan fingerprint density at radius 3 is 2.53 bits per heavy atom.